The summed E-state index contributed by atoms with van der Waals surface area (Å²) in [5.74, 6) is 4.52. The standard InChI is InChI=1S/C10H23NO4/c1-2-3-4-5-6-7-8-9-10-12-14-15-13-11/h2-11H2,1H3. The highest BCUT2D eigenvalue weighted by Crippen LogP contribution is 2.08. The molecule has 0 aromatic rings. The van der Waals surface area contributed by atoms with E-state index in [4.69, 9.17) is 0 Å². The maximum absolute atomic E-state index is 4.59. The molecule has 0 atom stereocenters. The van der Waals surface area contributed by atoms with E-state index >= 15 is 0 Å². The zero-order valence-electron chi connectivity index (χ0n) is 9.57. The molecule has 0 bridgehead atoms. The molecule has 0 aliphatic rings. The molecular weight excluding hydrogens is 198 g/mol. The van der Waals surface area contributed by atoms with Crippen molar-refractivity contribution in [1.82, 2.24) is 0 Å². The monoisotopic (exact) mass is 221 g/mol. The van der Waals surface area contributed by atoms with E-state index < -0.39 is 0 Å². The molecule has 0 saturated heterocycles. The van der Waals surface area contributed by atoms with Crippen LogP contribution in [-0.4, -0.2) is 6.61 Å². The minimum absolute atomic E-state index is 0.498. The van der Waals surface area contributed by atoms with Crippen molar-refractivity contribution in [1.29, 1.82) is 0 Å². The molecule has 0 saturated carbocycles. The SMILES string of the molecule is CCCCCCCCCCOOOON. The van der Waals surface area contributed by atoms with Crippen molar-refractivity contribution in [3.05, 3.63) is 0 Å². The number of unbranched alkanes of at least 4 members (excludes halogenated alkanes) is 7. The van der Waals surface area contributed by atoms with E-state index in [0.29, 0.717) is 6.61 Å². The van der Waals surface area contributed by atoms with E-state index in [9.17, 15) is 0 Å². The van der Waals surface area contributed by atoms with Crippen molar-refractivity contribution in [3.63, 3.8) is 0 Å². The molecule has 0 aliphatic heterocycles. The van der Waals surface area contributed by atoms with Crippen LogP contribution in [0.25, 0.3) is 0 Å². The molecule has 0 heterocycles. The van der Waals surface area contributed by atoms with Crippen LogP contribution in [0.4, 0.5) is 0 Å². The Morgan fingerprint density at radius 1 is 0.800 bits per heavy atom. The highest BCUT2D eigenvalue weighted by atomic mass is 17.7. The zero-order chi connectivity index (χ0) is 11.2. The summed E-state index contributed by atoms with van der Waals surface area (Å²) in [4.78, 5) is 8.27. The first-order valence-corrected chi connectivity index (χ1v) is 5.73. The molecule has 2 N–H and O–H groups in total. The highest BCUT2D eigenvalue weighted by molar-refractivity contribution is 4.44. The smallest absolute Gasteiger partial charge is 0.0855 e. The molecule has 0 aromatic carbocycles. The number of nitrogens with two attached hydrogens (primary N) is 1. The second-order valence-electron chi connectivity index (χ2n) is 3.53. The topological polar surface area (TPSA) is 62.9 Å². The van der Waals surface area contributed by atoms with Gasteiger partial charge in [0, 0.05) is 0 Å². The van der Waals surface area contributed by atoms with Crippen LogP contribution in [0.15, 0.2) is 0 Å². The predicted molar refractivity (Wildman–Crippen MR) is 56.0 cm³/mol. The van der Waals surface area contributed by atoms with Crippen molar-refractivity contribution < 1.29 is 20.0 Å². The Labute approximate surface area is 91.6 Å². The van der Waals surface area contributed by atoms with Gasteiger partial charge >= 0.3 is 0 Å². The van der Waals surface area contributed by atoms with E-state index in [2.05, 4.69) is 32.8 Å². The lowest BCUT2D eigenvalue weighted by Crippen LogP contribution is -2.03. The van der Waals surface area contributed by atoms with Crippen molar-refractivity contribution in [2.24, 2.45) is 5.90 Å². The average Bonchev–Trinajstić information content (AvgIpc) is 2.26. The lowest BCUT2D eigenvalue weighted by Gasteiger charge is -2.01. The largest absolute Gasteiger partial charge is 0.204 e. The summed E-state index contributed by atoms with van der Waals surface area (Å²) in [6.07, 6.45) is 10.0. The zero-order valence-corrected chi connectivity index (χ0v) is 9.57. The fourth-order valence-electron chi connectivity index (χ4n) is 1.36. The Morgan fingerprint density at radius 3 is 2.00 bits per heavy atom. The lowest BCUT2D eigenvalue weighted by molar-refractivity contribution is -0.636. The van der Waals surface area contributed by atoms with Gasteiger partial charge in [0.1, 0.15) is 0 Å². The van der Waals surface area contributed by atoms with Gasteiger partial charge in [-0.1, -0.05) is 51.9 Å². The van der Waals surface area contributed by atoms with Gasteiger partial charge in [0.05, 0.1) is 6.61 Å². The minimum atomic E-state index is 0.498. The summed E-state index contributed by atoms with van der Waals surface area (Å²) in [6, 6.07) is 0. The Kier molecular flexibility index (Phi) is 13.6. The molecule has 0 aromatic heterocycles. The second-order valence-corrected chi connectivity index (χ2v) is 3.53. The van der Waals surface area contributed by atoms with Crippen molar-refractivity contribution in [3.8, 4) is 0 Å². The molecule has 0 aliphatic carbocycles. The van der Waals surface area contributed by atoms with Crippen LogP contribution in [0.1, 0.15) is 58.3 Å². The first-order valence-electron chi connectivity index (χ1n) is 5.73. The van der Waals surface area contributed by atoms with Crippen molar-refractivity contribution in [2.75, 3.05) is 6.61 Å². The van der Waals surface area contributed by atoms with E-state index in [1.165, 1.54) is 38.5 Å². The van der Waals surface area contributed by atoms with Crippen LogP contribution in [0, 0.1) is 0 Å². The molecule has 0 radical (unpaired) electrons. The van der Waals surface area contributed by atoms with Gasteiger partial charge in [-0.15, -0.1) is 4.99 Å². The molecular formula is C10H23NO4. The summed E-state index contributed by atoms with van der Waals surface area (Å²) in [6.45, 7) is 2.72. The van der Waals surface area contributed by atoms with Crippen molar-refractivity contribution in [2.45, 2.75) is 58.3 Å². The number of rotatable bonds is 12. The van der Waals surface area contributed by atoms with Crippen LogP contribution < -0.4 is 5.90 Å². The van der Waals surface area contributed by atoms with E-state index in [1.807, 2.05) is 0 Å². The summed E-state index contributed by atoms with van der Waals surface area (Å²) < 4.78 is 0. The Bertz CT molecular complexity index is 102. The Morgan fingerprint density at radius 2 is 1.40 bits per heavy atom. The molecule has 92 valence electrons. The van der Waals surface area contributed by atoms with Crippen LogP contribution in [0.5, 0.6) is 0 Å². The number of hydrogen-bond donors (Lipinski definition) is 1. The molecule has 15 heavy (non-hydrogen) atoms. The quantitative estimate of drug-likeness (QED) is 0.312. The summed E-state index contributed by atoms with van der Waals surface area (Å²) in [7, 11) is 0. The maximum Gasteiger partial charge on any atom is 0.0855 e. The third-order valence-corrected chi connectivity index (χ3v) is 2.20. The molecule has 0 spiro atoms. The Hall–Kier alpha value is -0.200. The fourth-order valence-corrected chi connectivity index (χ4v) is 1.36. The van der Waals surface area contributed by atoms with Gasteiger partial charge in [0.2, 0.25) is 0 Å². The maximum atomic E-state index is 4.59. The van der Waals surface area contributed by atoms with Gasteiger partial charge < -0.3 is 0 Å². The highest BCUT2D eigenvalue weighted by Gasteiger charge is 1.93. The summed E-state index contributed by atoms with van der Waals surface area (Å²) >= 11 is 0. The van der Waals surface area contributed by atoms with Gasteiger partial charge in [-0.05, 0) is 16.5 Å². The van der Waals surface area contributed by atoms with Crippen LogP contribution >= 0.6 is 0 Å². The van der Waals surface area contributed by atoms with E-state index in [0.717, 1.165) is 12.8 Å². The third kappa shape index (κ3) is 13.8. The fraction of sp³-hybridized carbons (Fsp3) is 1.00. The first kappa shape index (κ1) is 14.8. The first-order chi connectivity index (χ1) is 7.41. The Balaban J connectivity index is 2.81. The second kappa shape index (κ2) is 13.8. The number of hydrogen-bond acceptors (Lipinski definition) is 5. The summed E-state index contributed by atoms with van der Waals surface area (Å²) in [5.41, 5.74) is 0. The van der Waals surface area contributed by atoms with Gasteiger partial charge in [-0.2, -0.15) is 5.90 Å². The average molecular weight is 221 g/mol. The summed E-state index contributed by atoms with van der Waals surface area (Å²) in [5, 5.41) is 7.96. The normalized spacial score (nSPS) is 10.8. The lowest BCUT2D eigenvalue weighted by atomic mass is 10.1. The predicted octanol–water partition coefficient (Wildman–Crippen LogP) is 2.81. The van der Waals surface area contributed by atoms with Gasteiger partial charge in [0.15, 0.2) is 0 Å². The molecule has 0 amide bonds. The molecule has 5 heteroatoms. The third-order valence-electron chi connectivity index (χ3n) is 2.20. The molecule has 0 fully saturated rings. The van der Waals surface area contributed by atoms with Gasteiger partial charge in [-0.3, -0.25) is 0 Å². The van der Waals surface area contributed by atoms with Gasteiger partial charge in [0.25, 0.3) is 0 Å². The minimum Gasteiger partial charge on any atom is -0.204 e. The molecule has 0 unspecified atom stereocenters. The van der Waals surface area contributed by atoms with Crippen LogP contribution in [0.2, 0.25) is 0 Å². The van der Waals surface area contributed by atoms with Crippen LogP contribution in [0.3, 0.4) is 0 Å². The van der Waals surface area contributed by atoms with Gasteiger partial charge in [-0.25, -0.2) is 4.89 Å². The van der Waals surface area contributed by atoms with E-state index in [1.54, 1.807) is 0 Å². The molecule has 5 nitrogen and oxygen atoms in total. The van der Waals surface area contributed by atoms with E-state index in [-0.39, 0.29) is 0 Å². The van der Waals surface area contributed by atoms with Crippen molar-refractivity contribution >= 4 is 0 Å². The molecule has 0 rings (SSSR count). The van der Waals surface area contributed by atoms with Crippen LogP contribution in [-0.2, 0) is 20.0 Å².